The van der Waals surface area contributed by atoms with Crippen LogP contribution in [0.4, 0.5) is 4.79 Å². The zero-order valence-electron chi connectivity index (χ0n) is 13.5. The average molecular weight is 291 g/mol. The minimum absolute atomic E-state index is 0.0487. The third kappa shape index (κ3) is 3.97. The summed E-state index contributed by atoms with van der Waals surface area (Å²) in [6.07, 6.45) is -0.453. The predicted octanol–water partition coefficient (Wildman–Crippen LogP) is 3.81. The van der Waals surface area contributed by atoms with E-state index in [1.807, 2.05) is 39.0 Å². The Morgan fingerprint density at radius 3 is 2.62 bits per heavy atom. The van der Waals surface area contributed by atoms with Crippen LogP contribution in [0.25, 0.3) is 0 Å². The van der Waals surface area contributed by atoms with E-state index < -0.39 is 11.7 Å². The van der Waals surface area contributed by atoms with Crippen LogP contribution in [-0.4, -0.2) is 17.8 Å². The summed E-state index contributed by atoms with van der Waals surface area (Å²) in [6, 6.07) is 7.89. The van der Waals surface area contributed by atoms with Gasteiger partial charge in [0.2, 0.25) is 0 Å². The van der Waals surface area contributed by atoms with E-state index >= 15 is 0 Å². The van der Waals surface area contributed by atoms with Gasteiger partial charge in [0.1, 0.15) is 5.60 Å². The summed E-state index contributed by atoms with van der Waals surface area (Å²) in [4.78, 5) is 12.1. The maximum absolute atomic E-state index is 12.1. The van der Waals surface area contributed by atoms with E-state index in [-0.39, 0.29) is 12.1 Å². The summed E-state index contributed by atoms with van der Waals surface area (Å²) in [6.45, 7) is 10.4. The molecule has 0 spiro atoms. The van der Waals surface area contributed by atoms with Gasteiger partial charge in [-0.1, -0.05) is 38.1 Å². The quantitative estimate of drug-likeness (QED) is 0.901. The second kappa shape index (κ2) is 6.06. The standard InChI is InChI=1S/C17H25NO3/c1-11(2)15-14(18-16(19)21-17(3,4)5)13-9-7-6-8-12(13)10-20-15/h6-9,11,14-15H,10H2,1-5H3,(H,18,19)/t14-,15+/m0/s1. The lowest BCUT2D eigenvalue weighted by Crippen LogP contribution is -2.44. The maximum atomic E-state index is 12.1. The van der Waals surface area contributed by atoms with E-state index in [2.05, 4.69) is 25.2 Å². The van der Waals surface area contributed by atoms with Gasteiger partial charge in [-0.2, -0.15) is 0 Å². The lowest BCUT2D eigenvalue weighted by atomic mass is 9.88. The molecule has 4 heteroatoms. The molecule has 0 aliphatic carbocycles. The van der Waals surface area contributed by atoms with Crippen LogP contribution >= 0.6 is 0 Å². The van der Waals surface area contributed by atoms with Crippen molar-refractivity contribution in [3.05, 3.63) is 35.4 Å². The average Bonchev–Trinajstić information content (AvgIpc) is 2.36. The molecule has 0 saturated heterocycles. The van der Waals surface area contributed by atoms with Gasteiger partial charge in [-0.05, 0) is 37.8 Å². The Balaban J connectivity index is 2.22. The Kier molecular flexibility index (Phi) is 4.57. The smallest absolute Gasteiger partial charge is 0.408 e. The lowest BCUT2D eigenvalue weighted by Gasteiger charge is -2.36. The summed E-state index contributed by atoms with van der Waals surface area (Å²) in [5, 5.41) is 2.98. The van der Waals surface area contributed by atoms with Crippen molar-refractivity contribution in [3.63, 3.8) is 0 Å². The number of hydrogen-bond donors (Lipinski definition) is 1. The highest BCUT2D eigenvalue weighted by molar-refractivity contribution is 5.68. The van der Waals surface area contributed by atoms with Crippen LogP contribution in [0.3, 0.4) is 0 Å². The normalized spacial score (nSPS) is 21.8. The van der Waals surface area contributed by atoms with Crippen LogP contribution in [0, 0.1) is 5.92 Å². The van der Waals surface area contributed by atoms with E-state index in [0.717, 1.165) is 11.1 Å². The number of rotatable bonds is 2. The fraction of sp³-hybridized carbons (Fsp3) is 0.588. The third-order valence-electron chi connectivity index (χ3n) is 3.48. The van der Waals surface area contributed by atoms with E-state index in [1.54, 1.807) is 0 Å². The zero-order chi connectivity index (χ0) is 15.6. The van der Waals surface area contributed by atoms with Gasteiger partial charge in [-0.25, -0.2) is 4.79 Å². The molecule has 1 aromatic carbocycles. The van der Waals surface area contributed by atoms with E-state index in [9.17, 15) is 4.79 Å². The van der Waals surface area contributed by atoms with E-state index in [4.69, 9.17) is 9.47 Å². The van der Waals surface area contributed by atoms with Crippen molar-refractivity contribution < 1.29 is 14.3 Å². The second-order valence-corrected chi connectivity index (χ2v) is 6.84. The van der Waals surface area contributed by atoms with Crippen LogP contribution in [0.5, 0.6) is 0 Å². The van der Waals surface area contributed by atoms with Gasteiger partial charge in [-0.15, -0.1) is 0 Å². The minimum Gasteiger partial charge on any atom is -0.444 e. The largest absolute Gasteiger partial charge is 0.444 e. The van der Waals surface area contributed by atoms with Crippen LogP contribution in [-0.2, 0) is 16.1 Å². The Morgan fingerprint density at radius 2 is 2.00 bits per heavy atom. The van der Waals surface area contributed by atoms with Gasteiger partial charge in [-0.3, -0.25) is 0 Å². The third-order valence-corrected chi connectivity index (χ3v) is 3.48. The van der Waals surface area contributed by atoms with Gasteiger partial charge in [0, 0.05) is 0 Å². The predicted molar refractivity (Wildman–Crippen MR) is 82.0 cm³/mol. The van der Waals surface area contributed by atoms with Gasteiger partial charge in [0.15, 0.2) is 0 Å². The van der Waals surface area contributed by atoms with Gasteiger partial charge in [0.05, 0.1) is 18.8 Å². The van der Waals surface area contributed by atoms with E-state index in [0.29, 0.717) is 12.5 Å². The van der Waals surface area contributed by atoms with Gasteiger partial charge in [0.25, 0.3) is 0 Å². The zero-order valence-corrected chi connectivity index (χ0v) is 13.5. The molecule has 2 rings (SSSR count). The molecule has 116 valence electrons. The van der Waals surface area contributed by atoms with Crippen molar-refractivity contribution in [2.45, 2.75) is 59.0 Å². The molecule has 21 heavy (non-hydrogen) atoms. The van der Waals surface area contributed by atoms with E-state index in [1.165, 1.54) is 0 Å². The van der Waals surface area contributed by atoms with Crippen LogP contribution in [0.15, 0.2) is 24.3 Å². The number of nitrogens with one attached hydrogen (secondary N) is 1. The number of benzene rings is 1. The topological polar surface area (TPSA) is 47.6 Å². The molecule has 0 radical (unpaired) electrons. The number of alkyl carbamates (subject to hydrolysis) is 1. The van der Waals surface area contributed by atoms with Crippen molar-refractivity contribution in [2.24, 2.45) is 5.92 Å². The highest BCUT2D eigenvalue weighted by Crippen LogP contribution is 2.33. The first-order valence-electron chi connectivity index (χ1n) is 7.47. The summed E-state index contributed by atoms with van der Waals surface area (Å²) < 4.78 is 11.3. The highest BCUT2D eigenvalue weighted by Gasteiger charge is 2.34. The first kappa shape index (κ1) is 15.8. The number of hydrogen-bond acceptors (Lipinski definition) is 3. The first-order valence-corrected chi connectivity index (χ1v) is 7.47. The molecule has 1 N–H and O–H groups in total. The molecule has 1 aliphatic rings. The molecular formula is C17H25NO3. The van der Waals surface area contributed by atoms with Crippen molar-refractivity contribution in [2.75, 3.05) is 0 Å². The summed E-state index contributed by atoms with van der Waals surface area (Å²) in [7, 11) is 0. The van der Waals surface area contributed by atoms with Gasteiger partial charge >= 0.3 is 6.09 Å². The van der Waals surface area contributed by atoms with Crippen molar-refractivity contribution in [1.82, 2.24) is 5.32 Å². The SMILES string of the molecule is CC(C)[C@H]1OCc2ccccc2[C@@H]1NC(=O)OC(C)(C)C. The monoisotopic (exact) mass is 291 g/mol. The fourth-order valence-electron chi connectivity index (χ4n) is 2.60. The molecule has 0 saturated carbocycles. The Labute approximate surface area is 126 Å². The van der Waals surface area contributed by atoms with Crippen LogP contribution in [0.1, 0.15) is 51.8 Å². The van der Waals surface area contributed by atoms with Crippen molar-refractivity contribution in [1.29, 1.82) is 0 Å². The minimum atomic E-state index is -0.507. The van der Waals surface area contributed by atoms with Crippen LogP contribution in [0.2, 0.25) is 0 Å². The summed E-state index contributed by atoms with van der Waals surface area (Å²) >= 11 is 0. The van der Waals surface area contributed by atoms with Crippen LogP contribution < -0.4 is 5.32 Å². The molecule has 0 aromatic heterocycles. The summed E-state index contributed by atoms with van der Waals surface area (Å²) in [5.74, 6) is 0.304. The fourth-order valence-corrected chi connectivity index (χ4v) is 2.60. The summed E-state index contributed by atoms with van der Waals surface area (Å²) in [5.41, 5.74) is 1.73. The maximum Gasteiger partial charge on any atom is 0.408 e. The molecule has 4 nitrogen and oxygen atoms in total. The van der Waals surface area contributed by atoms with Crippen molar-refractivity contribution >= 4 is 6.09 Å². The molecular weight excluding hydrogens is 266 g/mol. The molecule has 1 aliphatic heterocycles. The molecule has 1 amide bonds. The molecule has 1 aromatic rings. The number of carbonyl (C=O) groups is 1. The molecule has 1 heterocycles. The Morgan fingerprint density at radius 1 is 1.33 bits per heavy atom. The number of carbonyl (C=O) groups excluding carboxylic acids is 1. The van der Waals surface area contributed by atoms with Crippen molar-refractivity contribution in [3.8, 4) is 0 Å². The molecule has 2 atom stereocenters. The number of fused-ring (bicyclic) bond motifs is 1. The number of amides is 1. The Bertz CT molecular complexity index is 505. The first-order chi connectivity index (χ1) is 9.78. The number of ether oxygens (including phenoxy) is 2. The molecule has 0 fully saturated rings. The van der Waals surface area contributed by atoms with Gasteiger partial charge < -0.3 is 14.8 Å². The molecule has 0 unspecified atom stereocenters. The highest BCUT2D eigenvalue weighted by atomic mass is 16.6. The second-order valence-electron chi connectivity index (χ2n) is 6.84. The Hall–Kier alpha value is -1.55. The lowest BCUT2D eigenvalue weighted by molar-refractivity contribution is -0.0317. The molecule has 0 bridgehead atoms.